The molecule has 126 valence electrons. The molecule has 0 radical (unpaired) electrons. The Hall–Kier alpha value is -2.82. The van der Waals surface area contributed by atoms with Crippen molar-refractivity contribution < 1.29 is 23.8 Å². The predicted octanol–water partition coefficient (Wildman–Crippen LogP) is 3.26. The van der Waals surface area contributed by atoms with E-state index in [2.05, 4.69) is 0 Å². The molecule has 0 saturated heterocycles. The molecule has 0 aliphatic rings. The molecule has 5 nitrogen and oxygen atoms in total. The van der Waals surface area contributed by atoms with Crippen LogP contribution >= 0.6 is 0 Å². The fraction of sp³-hybridized carbons (Fsp3) is 0.263. The van der Waals surface area contributed by atoms with Crippen LogP contribution in [0.3, 0.4) is 0 Å². The standard InChI is InChI=1S/C19H20O5/c1-2-12-22-18(20)19(21)24-14-16-8-10-17(11-9-16)23-13-15-6-4-3-5-7-15/h3-11H,2,12-14H2,1H3. The number of rotatable bonds is 7. The highest BCUT2D eigenvalue weighted by molar-refractivity contribution is 6.29. The first kappa shape index (κ1) is 17.5. The normalized spacial score (nSPS) is 10.0. The lowest BCUT2D eigenvalue weighted by molar-refractivity contribution is -0.168. The Labute approximate surface area is 141 Å². The molecule has 2 rings (SSSR count). The number of benzene rings is 2. The molecule has 0 spiro atoms. The molecular formula is C19H20O5. The van der Waals surface area contributed by atoms with Crippen molar-refractivity contribution >= 4 is 11.9 Å². The minimum atomic E-state index is -0.979. The van der Waals surface area contributed by atoms with Crippen molar-refractivity contribution in [3.63, 3.8) is 0 Å². The zero-order chi connectivity index (χ0) is 17.2. The number of carbonyl (C=O) groups is 2. The Kier molecular flexibility index (Phi) is 6.83. The van der Waals surface area contributed by atoms with E-state index in [4.69, 9.17) is 14.2 Å². The van der Waals surface area contributed by atoms with Crippen molar-refractivity contribution in [2.24, 2.45) is 0 Å². The fourth-order valence-electron chi connectivity index (χ4n) is 1.88. The molecule has 0 aromatic heterocycles. The summed E-state index contributed by atoms with van der Waals surface area (Å²) in [6.45, 7) is 2.55. The average Bonchev–Trinajstić information content (AvgIpc) is 2.64. The molecule has 2 aromatic carbocycles. The number of carbonyl (C=O) groups excluding carboxylic acids is 2. The van der Waals surface area contributed by atoms with Gasteiger partial charge < -0.3 is 14.2 Å². The highest BCUT2D eigenvalue weighted by atomic mass is 16.6. The SMILES string of the molecule is CCCOC(=O)C(=O)OCc1ccc(OCc2ccccc2)cc1. The maximum absolute atomic E-state index is 11.4. The Balaban J connectivity index is 1.77. The van der Waals surface area contributed by atoms with Gasteiger partial charge in [0.05, 0.1) is 6.61 Å². The molecule has 24 heavy (non-hydrogen) atoms. The summed E-state index contributed by atoms with van der Waals surface area (Å²) < 4.78 is 15.3. The van der Waals surface area contributed by atoms with Crippen LogP contribution in [-0.4, -0.2) is 18.5 Å². The maximum atomic E-state index is 11.4. The van der Waals surface area contributed by atoms with E-state index in [1.165, 1.54) is 0 Å². The zero-order valence-electron chi connectivity index (χ0n) is 13.6. The van der Waals surface area contributed by atoms with Gasteiger partial charge in [0.25, 0.3) is 0 Å². The topological polar surface area (TPSA) is 61.8 Å². The van der Waals surface area contributed by atoms with Crippen molar-refractivity contribution in [2.75, 3.05) is 6.61 Å². The average molecular weight is 328 g/mol. The van der Waals surface area contributed by atoms with Gasteiger partial charge in [0.15, 0.2) is 0 Å². The lowest BCUT2D eigenvalue weighted by atomic mass is 10.2. The Morgan fingerprint density at radius 1 is 0.792 bits per heavy atom. The van der Waals surface area contributed by atoms with E-state index in [9.17, 15) is 9.59 Å². The minimum absolute atomic E-state index is 0.0129. The summed E-state index contributed by atoms with van der Waals surface area (Å²) in [6.07, 6.45) is 0.656. The van der Waals surface area contributed by atoms with Crippen LogP contribution in [0.25, 0.3) is 0 Å². The number of hydrogen-bond donors (Lipinski definition) is 0. The molecule has 0 saturated carbocycles. The molecule has 0 bridgehead atoms. The van der Waals surface area contributed by atoms with E-state index in [1.807, 2.05) is 37.3 Å². The summed E-state index contributed by atoms with van der Waals surface area (Å²) in [5.41, 5.74) is 1.85. The maximum Gasteiger partial charge on any atom is 0.417 e. The largest absolute Gasteiger partial charge is 0.489 e. The van der Waals surface area contributed by atoms with Crippen molar-refractivity contribution in [1.29, 1.82) is 0 Å². The third-order valence-electron chi connectivity index (χ3n) is 3.15. The summed E-state index contributed by atoms with van der Waals surface area (Å²) >= 11 is 0. The van der Waals surface area contributed by atoms with Crippen molar-refractivity contribution in [3.8, 4) is 5.75 Å². The van der Waals surface area contributed by atoms with Crippen LogP contribution in [0.5, 0.6) is 5.75 Å². The van der Waals surface area contributed by atoms with E-state index in [1.54, 1.807) is 24.3 Å². The smallest absolute Gasteiger partial charge is 0.417 e. The van der Waals surface area contributed by atoms with E-state index >= 15 is 0 Å². The van der Waals surface area contributed by atoms with Crippen LogP contribution in [0.1, 0.15) is 24.5 Å². The molecule has 0 N–H and O–H groups in total. The van der Waals surface area contributed by atoms with Gasteiger partial charge >= 0.3 is 11.9 Å². The van der Waals surface area contributed by atoms with Gasteiger partial charge in [0.2, 0.25) is 0 Å². The summed E-state index contributed by atoms with van der Waals surface area (Å²) in [6, 6.07) is 17.0. The molecule has 5 heteroatoms. The lowest BCUT2D eigenvalue weighted by Gasteiger charge is -2.08. The van der Waals surface area contributed by atoms with Crippen LogP contribution in [0.2, 0.25) is 0 Å². The highest BCUT2D eigenvalue weighted by Gasteiger charge is 2.16. The van der Waals surface area contributed by atoms with E-state index in [0.29, 0.717) is 13.0 Å². The van der Waals surface area contributed by atoms with E-state index in [0.717, 1.165) is 16.9 Å². The number of hydrogen-bond acceptors (Lipinski definition) is 5. The Morgan fingerprint density at radius 2 is 1.42 bits per heavy atom. The lowest BCUT2D eigenvalue weighted by Crippen LogP contribution is -2.20. The Bertz CT molecular complexity index is 649. The second kappa shape index (κ2) is 9.35. The quantitative estimate of drug-likeness (QED) is 0.577. The molecule has 2 aromatic rings. The van der Waals surface area contributed by atoms with Crippen LogP contribution in [0, 0.1) is 0 Å². The predicted molar refractivity (Wildman–Crippen MR) is 88.3 cm³/mol. The van der Waals surface area contributed by atoms with Gasteiger partial charge in [-0.1, -0.05) is 49.4 Å². The van der Waals surface area contributed by atoms with Gasteiger partial charge in [-0.2, -0.15) is 0 Å². The van der Waals surface area contributed by atoms with E-state index < -0.39 is 11.9 Å². The number of esters is 2. The summed E-state index contributed by atoms with van der Waals surface area (Å²) in [5, 5.41) is 0. The van der Waals surface area contributed by atoms with Crippen LogP contribution in [0.15, 0.2) is 54.6 Å². The molecule has 0 heterocycles. The summed E-state index contributed by atoms with van der Waals surface area (Å²) in [5.74, 6) is -1.22. The number of ether oxygens (including phenoxy) is 3. The third kappa shape index (κ3) is 5.76. The highest BCUT2D eigenvalue weighted by Crippen LogP contribution is 2.15. The molecule has 0 atom stereocenters. The zero-order valence-corrected chi connectivity index (χ0v) is 13.6. The monoisotopic (exact) mass is 328 g/mol. The van der Waals surface area contributed by atoms with Gasteiger partial charge in [0, 0.05) is 0 Å². The molecule has 0 aliphatic carbocycles. The fourth-order valence-corrected chi connectivity index (χ4v) is 1.88. The molecular weight excluding hydrogens is 308 g/mol. The van der Waals surface area contributed by atoms with Gasteiger partial charge in [0.1, 0.15) is 19.0 Å². The van der Waals surface area contributed by atoms with E-state index in [-0.39, 0.29) is 13.2 Å². The Morgan fingerprint density at radius 3 is 2.08 bits per heavy atom. The first-order chi connectivity index (χ1) is 11.7. The molecule has 0 unspecified atom stereocenters. The van der Waals surface area contributed by atoms with Crippen LogP contribution < -0.4 is 4.74 Å². The first-order valence-electron chi connectivity index (χ1n) is 7.78. The van der Waals surface area contributed by atoms with Gasteiger partial charge in [-0.05, 0) is 29.7 Å². The summed E-state index contributed by atoms with van der Waals surface area (Å²) in [4.78, 5) is 22.7. The second-order valence-corrected chi connectivity index (χ2v) is 5.13. The van der Waals surface area contributed by atoms with Crippen molar-refractivity contribution in [1.82, 2.24) is 0 Å². The molecule has 0 aliphatic heterocycles. The molecule has 0 amide bonds. The second-order valence-electron chi connectivity index (χ2n) is 5.13. The van der Waals surface area contributed by atoms with Gasteiger partial charge in [-0.3, -0.25) is 0 Å². The minimum Gasteiger partial charge on any atom is -0.489 e. The van der Waals surface area contributed by atoms with Crippen LogP contribution in [0.4, 0.5) is 0 Å². The van der Waals surface area contributed by atoms with Gasteiger partial charge in [-0.25, -0.2) is 9.59 Å². The van der Waals surface area contributed by atoms with Crippen molar-refractivity contribution in [3.05, 3.63) is 65.7 Å². The van der Waals surface area contributed by atoms with Gasteiger partial charge in [-0.15, -0.1) is 0 Å². The van der Waals surface area contributed by atoms with Crippen molar-refractivity contribution in [2.45, 2.75) is 26.6 Å². The first-order valence-corrected chi connectivity index (χ1v) is 7.78. The summed E-state index contributed by atoms with van der Waals surface area (Å²) in [7, 11) is 0. The van der Waals surface area contributed by atoms with Crippen LogP contribution in [-0.2, 0) is 32.3 Å². The third-order valence-corrected chi connectivity index (χ3v) is 3.15. The molecule has 0 fully saturated rings.